The fourth-order valence-electron chi connectivity index (χ4n) is 2.65. The average Bonchev–Trinajstić information content (AvgIpc) is 2.78. The molecule has 2 aromatic rings. The maximum Gasteiger partial charge on any atom is 0.516 e. The Hall–Kier alpha value is -3.28. The molecule has 198 valence electrons. The number of rotatable bonds is 8. The van der Waals surface area contributed by atoms with E-state index in [4.69, 9.17) is 0 Å². The molecular weight excluding hydrogens is 546 g/mol. The van der Waals surface area contributed by atoms with Gasteiger partial charge in [0.15, 0.2) is 0 Å². The first kappa shape index (κ1) is 29.0. The number of sulfonamides is 2. The van der Waals surface area contributed by atoms with Crippen molar-refractivity contribution in [1.29, 1.82) is 0 Å². The van der Waals surface area contributed by atoms with Gasteiger partial charge in [-0.3, -0.25) is 19.6 Å². The summed E-state index contributed by atoms with van der Waals surface area (Å²) in [5, 5.41) is 0. The summed E-state index contributed by atoms with van der Waals surface area (Å²) in [6, 6.07) is 8.02. The molecule has 0 saturated heterocycles. The molecule has 0 N–H and O–H groups in total. The van der Waals surface area contributed by atoms with E-state index in [1.807, 2.05) is 0 Å². The Balaban J connectivity index is 2.47. The quantitative estimate of drug-likeness (QED) is 0.350. The summed E-state index contributed by atoms with van der Waals surface area (Å²) >= 11 is 0. The van der Waals surface area contributed by atoms with Crippen molar-refractivity contribution >= 4 is 31.9 Å². The van der Waals surface area contributed by atoms with Gasteiger partial charge in [0.2, 0.25) is 0 Å². The molecule has 0 atom stereocenters. The van der Waals surface area contributed by atoms with Crippen molar-refractivity contribution in [2.24, 2.45) is 0 Å². The molecule has 0 aliphatic carbocycles. The first-order chi connectivity index (χ1) is 16.5. The van der Waals surface area contributed by atoms with Crippen LogP contribution in [0, 0.1) is 0 Å². The summed E-state index contributed by atoms with van der Waals surface area (Å²) in [5.41, 5.74) is -12.4. The smallest absolute Gasteiger partial charge is 0.262 e. The van der Waals surface area contributed by atoms with E-state index in [2.05, 4.69) is 9.97 Å². The highest BCUT2D eigenvalue weighted by molar-refractivity contribution is 7.91. The molecule has 0 radical (unpaired) electrons. The van der Waals surface area contributed by atoms with Gasteiger partial charge in [0.25, 0.3) is 0 Å². The normalized spacial score (nSPS) is 12.7. The third kappa shape index (κ3) is 6.48. The Morgan fingerprint density at radius 2 is 1.00 bits per heavy atom. The van der Waals surface area contributed by atoms with E-state index in [9.17, 15) is 52.8 Å². The average molecular weight is 562 g/mol. The number of carbonyl (C=O) groups excluding carboxylic acids is 2. The van der Waals surface area contributed by atoms with Crippen LogP contribution in [0.15, 0.2) is 48.8 Å². The molecule has 0 saturated carbocycles. The number of amides is 2. The van der Waals surface area contributed by atoms with Crippen molar-refractivity contribution in [2.45, 2.75) is 23.9 Å². The van der Waals surface area contributed by atoms with Crippen LogP contribution in [0.3, 0.4) is 0 Å². The van der Waals surface area contributed by atoms with Gasteiger partial charge in [-0.25, -0.2) is 8.61 Å². The molecular formula is C18H16F6N4O6S2. The van der Waals surface area contributed by atoms with Crippen LogP contribution in [0.1, 0.15) is 11.4 Å². The van der Waals surface area contributed by atoms with Gasteiger partial charge < -0.3 is 0 Å². The Labute approximate surface area is 200 Å². The molecule has 0 aliphatic heterocycles. The maximum atomic E-state index is 13.2. The Bertz CT molecular complexity index is 1190. The molecule has 0 spiro atoms. The molecule has 2 amide bonds. The molecule has 10 nitrogen and oxygen atoms in total. The minimum atomic E-state index is -6.61. The molecule has 2 aromatic heterocycles. The largest absolute Gasteiger partial charge is 0.516 e. The molecule has 18 heteroatoms. The van der Waals surface area contributed by atoms with Crippen molar-refractivity contribution < 1.29 is 52.8 Å². The number of alkyl halides is 6. The number of hydrogen-bond donors (Lipinski definition) is 0. The first-order valence-corrected chi connectivity index (χ1v) is 12.4. The van der Waals surface area contributed by atoms with Gasteiger partial charge in [-0.2, -0.15) is 43.2 Å². The second kappa shape index (κ2) is 10.8. The third-order valence-corrected chi connectivity index (χ3v) is 7.42. The molecule has 0 fully saturated rings. The summed E-state index contributed by atoms with van der Waals surface area (Å²) in [6.07, 6.45) is 1.02. The van der Waals surface area contributed by atoms with Gasteiger partial charge in [-0.05, 0) is 24.3 Å². The lowest BCUT2D eigenvalue weighted by Gasteiger charge is -2.27. The van der Waals surface area contributed by atoms with Gasteiger partial charge in [0.05, 0.1) is 0 Å². The Morgan fingerprint density at radius 3 is 1.25 bits per heavy atom. The number of nitrogens with zero attached hydrogens (tertiary/aromatic N) is 4. The summed E-state index contributed by atoms with van der Waals surface area (Å²) in [5.74, 6) is -5.31. The molecule has 0 aromatic carbocycles. The van der Waals surface area contributed by atoms with Crippen LogP contribution in [0.5, 0.6) is 0 Å². The van der Waals surface area contributed by atoms with Crippen LogP contribution in [0.25, 0.3) is 0 Å². The van der Waals surface area contributed by atoms with Gasteiger partial charge >= 0.3 is 42.9 Å². The van der Waals surface area contributed by atoms with Crippen LogP contribution in [0.2, 0.25) is 0 Å². The molecule has 36 heavy (non-hydrogen) atoms. The van der Waals surface area contributed by atoms with E-state index in [1.165, 1.54) is 48.8 Å². The summed E-state index contributed by atoms with van der Waals surface area (Å²) in [6.45, 7) is -2.74. The number of aromatic nitrogens is 2. The van der Waals surface area contributed by atoms with E-state index < -0.39 is 77.4 Å². The maximum absolute atomic E-state index is 13.2. The fourth-order valence-corrected chi connectivity index (χ4v) is 4.41. The van der Waals surface area contributed by atoms with Gasteiger partial charge in [-0.1, -0.05) is 12.1 Å². The summed E-state index contributed by atoms with van der Waals surface area (Å²) in [4.78, 5) is 32.6. The zero-order valence-electron chi connectivity index (χ0n) is 17.8. The predicted octanol–water partition coefficient (Wildman–Crippen LogP) is 1.62. The Morgan fingerprint density at radius 1 is 0.667 bits per heavy atom. The minimum absolute atomic E-state index is 0.0324. The van der Waals surface area contributed by atoms with Crippen molar-refractivity contribution in [3.05, 3.63) is 60.2 Å². The Kier molecular flexibility index (Phi) is 8.66. The van der Waals surface area contributed by atoms with Gasteiger partial charge in [0.1, 0.15) is 0 Å². The number of pyridine rings is 2. The topological polar surface area (TPSA) is 135 Å². The molecule has 2 rings (SSSR count). The van der Waals surface area contributed by atoms with E-state index in [-0.39, 0.29) is 11.4 Å². The van der Waals surface area contributed by atoms with E-state index in [0.29, 0.717) is 0 Å². The minimum Gasteiger partial charge on any atom is -0.262 e. The summed E-state index contributed by atoms with van der Waals surface area (Å²) in [7, 11) is -13.2. The van der Waals surface area contributed by atoms with Gasteiger partial charge in [-0.15, -0.1) is 0 Å². The lowest BCUT2D eigenvalue weighted by atomic mass is 10.2. The second-order valence-electron chi connectivity index (χ2n) is 6.80. The van der Waals surface area contributed by atoms with Crippen molar-refractivity contribution in [2.75, 3.05) is 13.1 Å². The number of halogens is 6. The molecule has 0 unspecified atom stereocenters. The number of hydrogen-bond acceptors (Lipinski definition) is 8. The monoisotopic (exact) mass is 562 g/mol. The van der Waals surface area contributed by atoms with Crippen LogP contribution in [-0.4, -0.2) is 71.3 Å². The third-order valence-electron chi connectivity index (χ3n) is 4.40. The second-order valence-corrected chi connectivity index (χ2v) is 10.5. The van der Waals surface area contributed by atoms with Gasteiger partial charge in [0, 0.05) is 49.7 Å². The first-order valence-electron chi connectivity index (χ1n) is 9.56. The highest BCUT2D eigenvalue weighted by atomic mass is 32.2. The molecule has 0 bridgehead atoms. The van der Waals surface area contributed by atoms with Crippen molar-refractivity contribution in [3.63, 3.8) is 0 Å². The predicted molar refractivity (Wildman–Crippen MR) is 109 cm³/mol. The van der Waals surface area contributed by atoms with Crippen LogP contribution in [0.4, 0.5) is 26.3 Å². The highest BCUT2D eigenvalue weighted by Crippen LogP contribution is 2.30. The number of carbonyl (C=O) groups is 2. The lowest BCUT2D eigenvalue weighted by Crippen LogP contribution is -2.55. The molecule has 2 heterocycles. The lowest BCUT2D eigenvalue weighted by molar-refractivity contribution is -0.147. The SMILES string of the molecule is O=C(C(=O)N(CCc1ccccn1)S(=O)(=O)C(F)(F)F)N(CCc1ccccn1)S(=O)(=O)C(F)(F)F. The van der Waals surface area contributed by atoms with E-state index in [0.717, 1.165) is 0 Å². The molecule has 0 aliphatic rings. The zero-order valence-corrected chi connectivity index (χ0v) is 19.4. The standard InChI is InChI=1S/C18H16F6N4O6S2/c19-17(20,21)35(31,32)27(11-7-13-5-1-3-9-25-13)15(29)16(30)28(36(33,34)18(22,23)24)12-8-14-6-2-4-10-26-14/h1-6,9-10H,7-8,11-12H2. The highest BCUT2D eigenvalue weighted by Gasteiger charge is 2.56. The van der Waals surface area contributed by atoms with Crippen LogP contribution < -0.4 is 0 Å². The van der Waals surface area contributed by atoms with Crippen molar-refractivity contribution in [3.8, 4) is 0 Å². The van der Waals surface area contributed by atoms with E-state index in [1.54, 1.807) is 0 Å². The van der Waals surface area contributed by atoms with Crippen LogP contribution >= 0.6 is 0 Å². The van der Waals surface area contributed by atoms with Crippen molar-refractivity contribution in [1.82, 2.24) is 18.6 Å². The fraction of sp³-hybridized carbons (Fsp3) is 0.333. The van der Waals surface area contributed by atoms with E-state index >= 15 is 0 Å². The zero-order chi connectivity index (χ0) is 27.4. The summed E-state index contributed by atoms with van der Waals surface area (Å²) < 4.78 is 125. The van der Waals surface area contributed by atoms with Crippen LogP contribution in [-0.2, 0) is 42.5 Å².